The Morgan fingerprint density at radius 2 is 0.293 bits per heavy atom. The molecule has 0 bridgehead atoms. The van der Waals surface area contributed by atoms with Gasteiger partial charge >= 0.3 is 17.4 Å². The van der Waals surface area contributed by atoms with Crippen molar-refractivity contribution in [3.8, 4) is 0 Å². The Morgan fingerprint density at radius 1 is 0.207 bits per heavy atom. The summed E-state index contributed by atoms with van der Waals surface area (Å²) in [6.45, 7) is 58.5. The van der Waals surface area contributed by atoms with Crippen LogP contribution in [0.3, 0.4) is 0 Å². The van der Waals surface area contributed by atoms with Gasteiger partial charge in [-0.1, -0.05) is 426 Å². The summed E-state index contributed by atoms with van der Waals surface area (Å²) in [5.41, 5.74) is 0. The Labute approximate surface area is 540 Å². The fourth-order valence-electron chi connectivity index (χ4n) is 23.6. The standard InChI is InChI=1S/3C25H53Si2.Cr/c3*1-8-18-26(19-9-2,20-10-3)25(16-14-24(7)15-17-25)27(21-11-4,22-12-5)23-13-6;/h3*24H,7-23H2,1-6H3;/q3*-1;+3. The molecule has 1 radical (unpaired) electrons. The van der Waals surface area contributed by atoms with Crippen LogP contribution >= 0.6 is 0 Å². The zero-order chi connectivity index (χ0) is 61.2. The van der Waals surface area contributed by atoms with Gasteiger partial charge in [0.2, 0.25) is 0 Å². The van der Waals surface area contributed by atoms with Crippen LogP contribution in [0, 0.1) is 38.5 Å². The monoisotopic (exact) mass is 1280 g/mol. The molecule has 7 heteroatoms. The normalized spacial score (nSPS) is 18.5. The molecule has 489 valence electrons. The molecule has 0 aromatic rings. The number of hydrogen-bond acceptors (Lipinski definition) is 0. The molecule has 0 nitrogen and oxygen atoms in total. The van der Waals surface area contributed by atoms with Crippen LogP contribution in [0.2, 0.25) is 123 Å². The van der Waals surface area contributed by atoms with Crippen molar-refractivity contribution < 1.29 is 17.4 Å². The van der Waals surface area contributed by atoms with Gasteiger partial charge in [-0.2, -0.15) is 17.8 Å². The molecule has 0 heterocycles. The van der Waals surface area contributed by atoms with Crippen LogP contribution < -0.4 is 0 Å². The molecule has 3 aliphatic carbocycles. The average molecular weight is 1280 g/mol. The maximum Gasteiger partial charge on any atom is 3.00 e. The fraction of sp³-hybridized carbons (Fsp3) is 0.960. The van der Waals surface area contributed by atoms with Crippen molar-refractivity contribution in [2.75, 3.05) is 0 Å². The first-order chi connectivity index (χ1) is 38.9. The predicted molar refractivity (Wildman–Crippen MR) is 396 cm³/mol. The van der Waals surface area contributed by atoms with Gasteiger partial charge in [0, 0.05) is 0 Å². The fourth-order valence-corrected chi connectivity index (χ4v) is 82.2. The van der Waals surface area contributed by atoms with Crippen LogP contribution in [-0.4, -0.2) is 48.4 Å². The van der Waals surface area contributed by atoms with Crippen molar-refractivity contribution >= 4 is 48.4 Å². The Kier molecular flexibility index (Phi) is 44.5. The average Bonchev–Trinajstić information content (AvgIpc) is 3.10. The largest absolute Gasteiger partial charge is 3.00 e. The van der Waals surface area contributed by atoms with E-state index in [1.165, 1.54) is 154 Å². The molecule has 3 fully saturated rings. The maximum absolute atomic E-state index is 4.53. The first-order valence-electron chi connectivity index (χ1n) is 38.4. The van der Waals surface area contributed by atoms with E-state index in [1.54, 1.807) is 147 Å². The van der Waals surface area contributed by atoms with Crippen molar-refractivity contribution in [3.05, 3.63) is 20.8 Å². The van der Waals surface area contributed by atoms with E-state index in [4.69, 9.17) is 0 Å². The summed E-state index contributed by atoms with van der Waals surface area (Å²) in [6, 6.07) is 29.3. The first kappa shape index (κ1) is 83.8. The summed E-state index contributed by atoms with van der Waals surface area (Å²) in [6.07, 6.45) is 44.1. The van der Waals surface area contributed by atoms with Gasteiger partial charge in [-0.3, -0.25) is 0 Å². The molecule has 0 unspecified atom stereocenters. The number of hydrogen-bond donors (Lipinski definition) is 0. The Bertz CT molecular complexity index is 1140. The molecule has 3 aliphatic rings. The number of rotatable bonds is 42. The molecular formula is C75H159CrSi6. The van der Waals surface area contributed by atoms with Crippen LogP contribution in [-0.2, 0) is 17.4 Å². The molecule has 3 saturated carbocycles. The third-order valence-corrected chi connectivity index (χ3v) is 76.0. The zero-order valence-corrected chi connectivity index (χ0v) is 68.0. The summed E-state index contributed by atoms with van der Waals surface area (Å²) in [4.78, 5) is 0. The van der Waals surface area contributed by atoms with Gasteiger partial charge in [-0.05, 0) is 14.0 Å². The summed E-state index contributed by atoms with van der Waals surface area (Å²) in [5.74, 6) is 2.23. The van der Waals surface area contributed by atoms with Gasteiger partial charge in [-0.15, -0.1) is 0 Å². The maximum atomic E-state index is 4.53. The van der Waals surface area contributed by atoms with Crippen molar-refractivity contribution in [2.45, 2.75) is 440 Å². The van der Waals surface area contributed by atoms with E-state index in [0.29, 0.717) is 0 Å². The SMILES string of the molecule is [CH2-]C1CCC([Si](CCC)(CCC)CCC)([Si](CCC)(CCC)CCC)CC1.[CH2-]C1CCC([Si](CCC)(CCC)CCC)([Si](CCC)(CCC)CCC)CC1.[CH2-]C1CCC([Si](CCC)(CCC)CCC)([Si](CCC)(CCC)CCC)CC1.[Cr+3]. The quantitative estimate of drug-likeness (QED) is 0.0422. The van der Waals surface area contributed by atoms with Gasteiger partial charge in [0.1, 0.15) is 0 Å². The topological polar surface area (TPSA) is 0 Å². The third-order valence-electron chi connectivity index (χ3n) is 25.1. The first-order valence-corrected chi connectivity index (χ1v) is 54.1. The van der Waals surface area contributed by atoms with Gasteiger partial charge in [0.05, 0.1) is 48.4 Å². The second-order valence-corrected chi connectivity index (χ2v) is 61.9. The smallest absolute Gasteiger partial charge is 0.340 e. The van der Waals surface area contributed by atoms with E-state index < -0.39 is 48.4 Å². The van der Waals surface area contributed by atoms with Crippen LogP contribution in [0.1, 0.15) is 317 Å². The van der Waals surface area contributed by atoms with E-state index in [2.05, 4.69) is 145 Å². The predicted octanol–water partition coefficient (Wildman–Crippen LogP) is 28.9. The molecule has 3 rings (SSSR count). The van der Waals surface area contributed by atoms with E-state index in [0.717, 1.165) is 31.7 Å². The summed E-state index contributed by atoms with van der Waals surface area (Å²) in [5, 5.41) is 0. The molecule has 0 amide bonds. The van der Waals surface area contributed by atoms with Gasteiger partial charge in [-0.25, -0.2) is 0 Å². The van der Waals surface area contributed by atoms with Gasteiger partial charge in [0.15, 0.2) is 0 Å². The molecule has 0 N–H and O–H groups in total. The van der Waals surface area contributed by atoms with Gasteiger partial charge in [0.25, 0.3) is 0 Å². The zero-order valence-electron chi connectivity index (χ0n) is 60.7. The Morgan fingerprint density at radius 3 is 0.366 bits per heavy atom. The molecule has 82 heavy (non-hydrogen) atoms. The van der Waals surface area contributed by atoms with Crippen LogP contribution in [0.4, 0.5) is 0 Å². The minimum absolute atomic E-state index is 0. The summed E-state index contributed by atoms with van der Waals surface area (Å²) < 4.78 is 2.49. The third kappa shape index (κ3) is 19.9. The van der Waals surface area contributed by atoms with E-state index in [-0.39, 0.29) is 17.4 Å². The molecule has 0 aromatic carbocycles. The van der Waals surface area contributed by atoms with Crippen molar-refractivity contribution in [1.82, 2.24) is 0 Å². The van der Waals surface area contributed by atoms with Crippen molar-refractivity contribution in [2.24, 2.45) is 17.8 Å². The van der Waals surface area contributed by atoms with Crippen molar-refractivity contribution in [3.63, 3.8) is 0 Å². The summed E-state index contributed by atoms with van der Waals surface area (Å²) in [7, 11) is -7.73. The summed E-state index contributed by atoms with van der Waals surface area (Å²) >= 11 is 0. The molecule has 0 saturated heterocycles. The van der Waals surface area contributed by atoms with Crippen LogP contribution in [0.15, 0.2) is 0 Å². The molecular weight excluding hydrogens is 1120 g/mol. The molecule has 0 atom stereocenters. The van der Waals surface area contributed by atoms with E-state index in [1.807, 2.05) is 0 Å². The van der Waals surface area contributed by atoms with E-state index in [9.17, 15) is 0 Å². The Balaban J connectivity index is 0.00000119. The molecule has 0 spiro atoms. The molecule has 0 aromatic heterocycles. The van der Waals surface area contributed by atoms with Crippen molar-refractivity contribution in [1.29, 1.82) is 0 Å². The van der Waals surface area contributed by atoms with Crippen LogP contribution in [0.25, 0.3) is 0 Å². The second-order valence-electron chi connectivity index (χ2n) is 30.3. The Hall–Kier alpha value is 1.83. The second kappa shape index (κ2) is 43.6. The minimum Gasteiger partial charge on any atom is -0.340 e. The van der Waals surface area contributed by atoms with E-state index >= 15 is 0 Å². The molecule has 0 aliphatic heterocycles. The van der Waals surface area contributed by atoms with Gasteiger partial charge < -0.3 is 20.8 Å². The van der Waals surface area contributed by atoms with Crippen LogP contribution in [0.5, 0.6) is 0 Å². The minimum atomic E-state index is -1.29.